The van der Waals surface area contributed by atoms with Crippen molar-refractivity contribution in [2.45, 2.75) is 31.2 Å². The molecule has 0 bridgehead atoms. The number of piperidine rings is 1. The van der Waals surface area contributed by atoms with Gasteiger partial charge in [0, 0.05) is 25.2 Å². The van der Waals surface area contributed by atoms with Crippen LogP contribution in [0.2, 0.25) is 0 Å². The molecule has 2 aromatic carbocycles. The van der Waals surface area contributed by atoms with Crippen molar-refractivity contribution in [2.24, 2.45) is 5.92 Å². The number of carbonyl (C=O) groups excluding carboxylic acids is 1. The van der Waals surface area contributed by atoms with Gasteiger partial charge in [-0.25, -0.2) is 8.42 Å². The van der Waals surface area contributed by atoms with E-state index in [-0.39, 0.29) is 17.4 Å². The summed E-state index contributed by atoms with van der Waals surface area (Å²) in [7, 11) is -1.91. The fraction of sp³-hybridized carbons (Fsp3) is 0.409. The van der Waals surface area contributed by atoms with E-state index in [0.717, 1.165) is 18.4 Å². The van der Waals surface area contributed by atoms with Crippen LogP contribution in [0.15, 0.2) is 53.4 Å². The molecule has 30 heavy (non-hydrogen) atoms. The van der Waals surface area contributed by atoms with E-state index in [9.17, 15) is 13.2 Å². The maximum absolute atomic E-state index is 12.8. The van der Waals surface area contributed by atoms with E-state index in [1.807, 2.05) is 24.3 Å². The van der Waals surface area contributed by atoms with Gasteiger partial charge >= 0.3 is 0 Å². The second-order valence-electron chi connectivity index (χ2n) is 7.44. The van der Waals surface area contributed by atoms with Crippen LogP contribution in [0.25, 0.3) is 0 Å². The summed E-state index contributed by atoms with van der Waals surface area (Å²) < 4.78 is 37.8. The monoisotopic (exact) mass is 432 g/mol. The largest absolute Gasteiger partial charge is 0.496 e. The first-order chi connectivity index (χ1) is 14.4. The highest BCUT2D eigenvalue weighted by molar-refractivity contribution is 7.89. The number of carbonyl (C=O) groups is 1. The van der Waals surface area contributed by atoms with Gasteiger partial charge in [0.25, 0.3) is 5.91 Å². The number of rotatable bonds is 8. The van der Waals surface area contributed by atoms with Crippen LogP contribution < -0.4 is 14.8 Å². The number of hydrogen-bond donors (Lipinski definition) is 1. The predicted molar refractivity (Wildman–Crippen MR) is 114 cm³/mol. The minimum atomic E-state index is -3.49. The molecule has 1 heterocycles. The first-order valence-electron chi connectivity index (χ1n) is 10.0. The molecule has 0 atom stereocenters. The van der Waals surface area contributed by atoms with Gasteiger partial charge in [-0.15, -0.1) is 0 Å². The Morgan fingerprint density at radius 2 is 1.77 bits per heavy atom. The Balaban J connectivity index is 1.51. The van der Waals surface area contributed by atoms with Crippen molar-refractivity contribution in [3.8, 4) is 11.5 Å². The molecule has 162 valence electrons. The second kappa shape index (κ2) is 9.95. The van der Waals surface area contributed by atoms with Gasteiger partial charge in [-0.05, 0) is 49.1 Å². The summed E-state index contributed by atoms with van der Waals surface area (Å²) >= 11 is 0. The summed E-state index contributed by atoms with van der Waals surface area (Å²) in [6.45, 7) is 3.41. The van der Waals surface area contributed by atoms with Crippen molar-refractivity contribution in [3.63, 3.8) is 0 Å². The topological polar surface area (TPSA) is 84.9 Å². The van der Waals surface area contributed by atoms with E-state index in [2.05, 4.69) is 12.2 Å². The third-order valence-corrected chi connectivity index (χ3v) is 7.16. The van der Waals surface area contributed by atoms with Crippen LogP contribution in [0.5, 0.6) is 11.5 Å². The Bertz CT molecular complexity index is 952. The minimum Gasteiger partial charge on any atom is -0.496 e. The van der Waals surface area contributed by atoms with Crippen LogP contribution in [-0.2, 0) is 21.4 Å². The summed E-state index contributed by atoms with van der Waals surface area (Å²) in [4.78, 5) is 12.3. The summed E-state index contributed by atoms with van der Waals surface area (Å²) in [5.41, 5.74) is 0.870. The highest BCUT2D eigenvalue weighted by atomic mass is 32.2. The molecular weight excluding hydrogens is 404 g/mol. The van der Waals surface area contributed by atoms with Gasteiger partial charge in [0.05, 0.1) is 12.0 Å². The van der Waals surface area contributed by atoms with Crippen LogP contribution >= 0.6 is 0 Å². The lowest BCUT2D eigenvalue weighted by Crippen LogP contribution is -2.37. The fourth-order valence-electron chi connectivity index (χ4n) is 3.32. The molecule has 1 aliphatic rings. The average Bonchev–Trinajstić information content (AvgIpc) is 2.77. The molecule has 1 saturated heterocycles. The molecule has 0 spiro atoms. The lowest BCUT2D eigenvalue weighted by molar-refractivity contribution is -0.123. The van der Waals surface area contributed by atoms with E-state index in [4.69, 9.17) is 9.47 Å². The van der Waals surface area contributed by atoms with Gasteiger partial charge in [0.2, 0.25) is 10.0 Å². The lowest BCUT2D eigenvalue weighted by Gasteiger charge is -2.29. The number of methoxy groups -OCH3 is 1. The molecule has 2 aromatic rings. The number of para-hydroxylation sites is 1. The Morgan fingerprint density at radius 1 is 1.10 bits per heavy atom. The second-order valence-corrected chi connectivity index (χ2v) is 9.37. The molecule has 1 aliphatic heterocycles. The molecule has 1 amide bonds. The SMILES string of the molecule is COc1ccccc1CNC(=O)COc1ccc(S(=O)(=O)N2CCC(C)CC2)cc1. The van der Waals surface area contributed by atoms with Crippen molar-refractivity contribution in [1.29, 1.82) is 0 Å². The maximum atomic E-state index is 12.8. The van der Waals surface area contributed by atoms with Crippen molar-refractivity contribution in [1.82, 2.24) is 9.62 Å². The smallest absolute Gasteiger partial charge is 0.258 e. The first kappa shape index (κ1) is 22.1. The maximum Gasteiger partial charge on any atom is 0.258 e. The summed E-state index contributed by atoms with van der Waals surface area (Å²) in [5.74, 6) is 1.42. The summed E-state index contributed by atoms with van der Waals surface area (Å²) in [6.07, 6.45) is 1.76. The summed E-state index contributed by atoms with van der Waals surface area (Å²) in [5, 5.41) is 2.78. The predicted octanol–water partition coefficient (Wildman–Crippen LogP) is 2.81. The van der Waals surface area contributed by atoms with Gasteiger partial charge < -0.3 is 14.8 Å². The van der Waals surface area contributed by atoms with Crippen LogP contribution in [0.1, 0.15) is 25.3 Å². The van der Waals surface area contributed by atoms with E-state index < -0.39 is 10.0 Å². The molecule has 0 aliphatic carbocycles. The number of sulfonamides is 1. The zero-order valence-electron chi connectivity index (χ0n) is 17.3. The number of nitrogens with one attached hydrogen (secondary N) is 1. The molecule has 0 saturated carbocycles. The number of ether oxygens (including phenoxy) is 2. The standard InChI is InChI=1S/C22H28N2O5S/c1-17-11-13-24(14-12-17)30(26,27)20-9-7-19(8-10-20)29-16-22(25)23-15-18-5-3-4-6-21(18)28-2/h3-10,17H,11-16H2,1-2H3,(H,23,25). The average molecular weight is 433 g/mol. The Hall–Kier alpha value is -2.58. The molecule has 7 nitrogen and oxygen atoms in total. The van der Waals surface area contributed by atoms with Crippen molar-refractivity contribution >= 4 is 15.9 Å². The first-order valence-corrected chi connectivity index (χ1v) is 11.5. The van der Waals surface area contributed by atoms with Gasteiger partial charge in [-0.2, -0.15) is 4.31 Å². The number of amides is 1. The molecule has 8 heteroatoms. The third kappa shape index (κ3) is 5.52. The number of nitrogens with zero attached hydrogens (tertiary/aromatic N) is 1. The van der Waals surface area contributed by atoms with Crippen LogP contribution in [-0.4, -0.2) is 45.4 Å². The quantitative estimate of drug-likeness (QED) is 0.693. The van der Waals surface area contributed by atoms with Crippen molar-refractivity contribution < 1.29 is 22.7 Å². The zero-order valence-corrected chi connectivity index (χ0v) is 18.2. The van der Waals surface area contributed by atoms with E-state index in [1.54, 1.807) is 19.2 Å². The van der Waals surface area contributed by atoms with E-state index in [0.29, 0.717) is 37.1 Å². The van der Waals surface area contributed by atoms with E-state index >= 15 is 0 Å². The molecule has 3 rings (SSSR count). The zero-order chi connectivity index (χ0) is 21.6. The molecule has 1 N–H and O–H groups in total. The molecule has 0 aromatic heterocycles. The van der Waals surface area contributed by atoms with Gasteiger partial charge in [0.15, 0.2) is 6.61 Å². The molecule has 1 fully saturated rings. The number of benzene rings is 2. The fourth-order valence-corrected chi connectivity index (χ4v) is 4.79. The molecule has 0 radical (unpaired) electrons. The number of hydrogen-bond acceptors (Lipinski definition) is 5. The molecular formula is C22H28N2O5S. The molecule has 0 unspecified atom stereocenters. The highest BCUT2D eigenvalue weighted by Crippen LogP contribution is 2.24. The normalized spacial score (nSPS) is 15.5. The van der Waals surface area contributed by atoms with Gasteiger partial charge in [-0.3, -0.25) is 4.79 Å². The summed E-state index contributed by atoms with van der Waals surface area (Å²) in [6, 6.07) is 13.6. The third-order valence-electron chi connectivity index (χ3n) is 5.24. The lowest BCUT2D eigenvalue weighted by atomic mass is 10.0. The van der Waals surface area contributed by atoms with Crippen LogP contribution in [0.3, 0.4) is 0 Å². The Kier molecular flexibility index (Phi) is 7.33. The van der Waals surface area contributed by atoms with Crippen molar-refractivity contribution in [3.05, 3.63) is 54.1 Å². The minimum absolute atomic E-state index is 0.161. The van der Waals surface area contributed by atoms with E-state index in [1.165, 1.54) is 16.4 Å². The Labute approximate surface area is 178 Å². The Morgan fingerprint density at radius 3 is 2.43 bits per heavy atom. The van der Waals surface area contributed by atoms with Crippen LogP contribution in [0.4, 0.5) is 0 Å². The van der Waals surface area contributed by atoms with Gasteiger partial charge in [0.1, 0.15) is 11.5 Å². The van der Waals surface area contributed by atoms with Crippen LogP contribution in [0, 0.1) is 5.92 Å². The van der Waals surface area contributed by atoms with Crippen molar-refractivity contribution in [2.75, 3.05) is 26.8 Å². The van der Waals surface area contributed by atoms with Gasteiger partial charge in [-0.1, -0.05) is 25.1 Å². The highest BCUT2D eigenvalue weighted by Gasteiger charge is 2.27.